The molecule has 0 aliphatic rings. The number of nitrogens with one attached hydrogen (secondary N) is 1. The third-order valence-electron chi connectivity index (χ3n) is 3.08. The van der Waals surface area contributed by atoms with Gasteiger partial charge in [0, 0.05) is 6.08 Å². The van der Waals surface area contributed by atoms with Gasteiger partial charge in [-0.1, -0.05) is 18.2 Å². The lowest BCUT2D eigenvalue weighted by atomic mass is 10.1. The maximum atomic E-state index is 12.0. The number of para-hydroxylation sites is 1. The Kier molecular flexibility index (Phi) is 4.99. The largest absolute Gasteiger partial charge is 0.504 e. The number of benzene rings is 2. The molecule has 0 saturated heterocycles. The number of phenolic OH excluding ortho intramolecular Hbond substituents is 1. The number of carbonyl (C=O) groups excluding carboxylic acids is 2. The van der Waals surface area contributed by atoms with Crippen LogP contribution in [0.1, 0.15) is 15.9 Å². The van der Waals surface area contributed by atoms with Gasteiger partial charge in [-0.05, 0) is 35.9 Å². The lowest BCUT2D eigenvalue weighted by molar-refractivity contribution is -0.111. The molecule has 0 fully saturated rings. The van der Waals surface area contributed by atoms with Crippen molar-refractivity contribution in [1.82, 2.24) is 0 Å². The van der Waals surface area contributed by atoms with Gasteiger partial charge in [-0.25, -0.2) is 0 Å². The molecule has 0 aliphatic carbocycles. The fourth-order valence-corrected chi connectivity index (χ4v) is 1.95. The number of primary amides is 1. The zero-order valence-corrected chi connectivity index (χ0v) is 12.4. The molecule has 0 atom stereocenters. The van der Waals surface area contributed by atoms with Gasteiger partial charge in [-0.2, -0.15) is 0 Å². The minimum Gasteiger partial charge on any atom is -0.504 e. The zero-order valence-electron chi connectivity index (χ0n) is 12.4. The van der Waals surface area contributed by atoms with E-state index in [1.807, 2.05) is 0 Å². The van der Waals surface area contributed by atoms with Crippen LogP contribution in [-0.2, 0) is 4.79 Å². The first-order chi connectivity index (χ1) is 11.0. The third-order valence-corrected chi connectivity index (χ3v) is 3.08. The minimum absolute atomic E-state index is 0.0180. The maximum Gasteiger partial charge on any atom is 0.250 e. The Hall–Kier alpha value is -3.28. The first-order valence-corrected chi connectivity index (χ1v) is 6.76. The van der Waals surface area contributed by atoms with Crippen LogP contribution in [0.2, 0.25) is 0 Å². The van der Waals surface area contributed by atoms with Gasteiger partial charge in [-0.15, -0.1) is 0 Å². The molecule has 0 radical (unpaired) electrons. The van der Waals surface area contributed by atoms with Gasteiger partial charge in [0.05, 0.1) is 18.4 Å². The van der Waals surface area contributed by atoms with Crippen molar-refractivity contribution in [3.8, 4) is 11.5 Å². The molecule has 0 spiro atoms. The highest BCUT2D eigenvalue weighted by molar-refractivity contribution is 6.07. The van der Waals surface area contributed by atoms with Crippen molar-refractivity contribution in [3.63, 3.8) is 0 Å². The van der Waals surface area contributed by atoms with Gasteiger partial charge in [0.15, 0.2) is 11.5 Å². The Morgan fingerprint density at radius 2 is 1.96 bits per heavy atom. The number of phenols is 1. The predicted molar refractivity (Wildman–Crippen MR) is 87.3 cm³/mol. The van der Waals surface area contributed by atoms with Crippen molar-refractivity contribution in [2.75, 3.05) is 12.4 Å². The molecular weight excluding hydrogens is 296 g/mol. The molecule has 0 aromatic heterocycles. The second-order valence-electron chi connectivity index (χ2n) is 4.66. The van der Waals surface area contributed by atoms with Crippen LogP contribution < -0.4 is 15.8 Å². The number of carbonyl (C=O) groups is 2. The molecule has 23 heavy (non-hydrogen) atoms. The van der Waals surface area contributed by atoms with E-state index >= 15 is 0 Å². The van der Waals surface area contributed by atoms with Crippen LogP contribution >= 0.6 is 0 Å². The van der Waals surface area contributed by atoms with Crippen LogP contribution in [0.5, 0.6) is 11.5 Å². The molecule has 6 nitrogen and oxygen atoms in total. The van der Waals surface area contributed by atoms with E-state index in [2.05, 4.69) is 5.32 Å². The van der Waals surface area contributed by atoms with E-state index in [4.69, 9.17) is 10.5 Å². The van der Waals surface area contributed by atoms with E-state index in [0.717, 1.165) is 0 Å². The Morgan fingerprint density at radius 1 is 1.22 bits per heavy atom. The van der Waals surface area contributed by atoms with Crippen LogP contribution in [0.25, 0.3) is 6.08 Å². The summed E-state index contributed by atoms with van der Waals surface area (Å²) in [5.41, 5.74) is 6.52. The molecule has 4 N–H and O–H groups in total. The molecule has 0 unspecified atom stereocenters. The lowest BCUT2D eigenvalue weighted by Crippen LogP contribution is -2.16. The highest BCUT2D eigenvalue weighted by Gasteiger charge is 2.08. The average molecular weight is 312 g/mol. The second-order valence-corrected chi connectivity index (χ2v) is 4.66. The van der Waals surface area contributed by atoms with Crippen LogP contribution in [0.4, 0.5) is 5.69 Å². The first-order valence-electron chi connectivity index (χ1n) is 6.76. The monoisotopic (exact) mass is 312 g/mol. The fraction of sp³-hybridized carbons (Fsp3) is 0.0588. The number of ether oxygens (including phenoxy) is 1. The molecule has 2 amide bonds. The highest BCUT2D eigenvalue weighted by Crippen LogP contribution is 2.26. The Balaban J connectivity index is 2.12. The summed E-state index contributed by atoms with van der Waals surface area (Å²) < 4.78 is 4.99. The Labute approximate surface area is 133 Å². The standard InChI is InChI=1S/C17H16N2O4/c1-23-15-10-11(6-8-14(15)20)7-9-16(21)19-13-5-3-2-4-12(13)17(18)22/h2-10,20H,1H3,(H2,18,22)(H,19,21). The quantitative estimate of drug-likeness (QED) is 0.736. The summed E-state index contributed by atoms with van der Waals surface area (Å²) in [5, 5.41) is 12.1. The number of aromatic hydroxyl groups is 1. The fourth-order valence-electron chi connectivity index (χ4n) is 1.95. The molecule has 0 heterocycles. The van der Waals surface area contributed by atoms with Crippen LogP contribution in [0.3, 0.4) is 0 Å². The van der Waals surface area contributed by atoms with Crippen LogP contribution in [0, 0.1) is 0 Å². The van der Waals surface area contributed by atoms with E-state index < -0.39 is 11.8 Å². The van der Waals surface area contributed by atoms with Gasteiger partial charge in [0.1, 0.15) is 0 Å². The summed E-state index contributed by atoms with van der Waals surface area (Å²) in [7, 11) is 1.44. The second kappa shape index (κ2) is 7.13. The van der Waals surface area contributed by atoms with Gasteiger partial charge in [-0.3, -0.25) is 9.59 Å². The molecule has 2 aromatic carbocycles. The summed E-state index contributed by atoms with van der Waals surface area (Å²) in [6.07, 6.45) is 2.87. The smallest absolute Gasteiger partial charge is 0.250 e. The van der Waals surface area contributed by atoms with Crippen LogP contribution in [-0.4, -0.2) is 24.0 Å². The van der Waals surface area contributed by atoms with Crippen molar-refractivity contribution in [1.29, 1.82) is 0 Å². The minimum atomic E-state index is -0.617. The summed E-state index contributed by atoms with van der Waals surface area (Å²) >= 11 is 0. The maximum absolute atomic E-state index is 12.0. The number of nitrogens with two attached hydrogens (primary N) is 1. The van der Waals surface area contributed by atoms with Gasteiger partial charge >= 0.3 is 0 Å². The summed E-state index contributed by atoms with van der Waals surface area (Å²) in [4.78, 5) is 23.3. The van der Waals surface area contributed by atoms with Crippen LogP contribution in [0.15, 0.2) is 48.5 Å². The number of hydrogen-bond acceptors (Lipinski definition) is 4. The van der Waals surface area contributed by atoms with Crippen molar-refractivity contribution < 1.29 is 19.4 Å². The SMILES string of the molecule is COc1cc(C=CC(=O)Nc2ccccc2C(N)=O)ccc1O. The van der Waals surface area contributed by atoms with Crippen molar-refractivity contribution in [3.05, 3.63) is 59.7 Å². The number of rotatable bonds is 5. The molecule has 0 saturated carbocycles. The molecule has 6 heteroatoms. The van der Waals surface area contributed by atoms with E-state index in [9.17, 15) is 14.7 Å². The Bertz CT molecular complexity index is 769. The highest BCUT2D eigenvalue weighted by atomic mass is 16.5. The molecule has 0 aliphatic heterocycles. The van der Waals surface area contributed by atoms with Crippen molar-refractivity contribution >= 4 is 23.6 Å². The van der Waals surface area contributed by atoms with E-state index in [0.29, 0.717) is 17.0 Å². The number of methoxy groups -OCH3 is 1. The van der Waals surface area contributed by atoms with Gasteiger partial charge < -0.3 is 20.9 Å². The molecule has 2 rings (SSSR count). The molecule has 0 bridgehead atoms. The summed E-state index contributed by atoms with van der Waals surface area (Å²) in [6, 6.07) is 11.2. The zero-order chi connectivity index (χ0) is 16.8. The van der Waals surface area contributed by atoms with E-state index in [1.165, 1.54) is 25.3 Å². The third kappa shape index (κ3) is 4.10. The topological polar surface area (TPSA) is 102 Å². The molecule has 118 valence electrons. The molecular formula is C17H16N2O4. The summed E-state index contributed by atoms with van der Waals surface area (Å²) in [5.74, 6) is -0.699. The lowest BCUT2D eigenvalue weighted by Gasteiger charge is -2.06. The molecule has 2 aromatic rings. The first kappa shape index (κ1) is 16.1. The van der Waals surface area contributed by atoms with Gasteiger partial charge in [0.25, 0.3) is 5.91 Å². The van der Waals surface area contributed by atoms with E-state index in [1.54, 1.807) is 36.4 Å². The number of anilines is 1. The van der Waals surface area contributed by atoms with Crippen molar-refractivity contribution in [2.24, 2.45) is 5.73 Å². The number of hydrogen-bond donors (Lipinski definition) is 3. The van der Waals surface area contributed by atoms with E-state index in [-0.39, 0.29) is 11.3 Å². The van der Waals surface area contributed by atoms with Gasteiger partial charge in [0.2, 0.25) is 5.91 Å². The number of amides is 2. The van der Waals surface area contributed by atoms with Crippen molar-refractivity contribution in [2.45, 2.75) is 0 Å². The average Bonchev–Trinajstić information content (AvgIpc) is 2.54. The predicted octanol–water partition coefficient (Wildman–Crippen LogP) is 2.15. The normalized spacial score (nSPS) is 10.5. The summed E-state index contributed by atoms with van der Waals surface area (Å²) in [6.45, 7) is 0. The Morgan fingerprint density at radius 3 is 2.65 bits per heavy atom.